The predicted octanol–water partition coefficient (Wildman–Crippen LogP) is 2.81. The lowest BCUT2D eigenvalue weighted by Crippen LogP contribution is -2.04. The summed E-state index contributed by atoms with van der Waals surface area (Å²) in [5, 5.41) is 10.1. The van der Waals surface area contributed by atoms with Crippen LogP contribution in [0.15, 0.2) is 42.6 Å². The van der Waals surface area contributed by atoms with E-state index in [0.717, 1.165) is 16.8 Å². The molecule has 1 aromatic heterocycles. The van der Waals surface area contributed by atoms with E-state index in [4.69, 9.17) is 0 Å². The topological polar surface area (TPSA) is 33.1 Å². The molecule has 0 radical (unpaired) electrons. The molecule has 2 rings (SSSR count). The van der Waals surface area contributed by atoms with Crippen LogP contribution in [0.3, 0.4) is 0 Å². The van der Waals surface area contributed by atoms with Crippen molar-refractivity contribution in [2.75, 3.05) is 0 Å². The average molecular weight is 231 g/mol. The first-order valence-corrected chi connectivity index (χ1v) is 5.51. The van der Waals surface area contributed by atoms with Gasteiger partial charge in [-0.1, -0.05) is 18.2 Å². The summed E-state index contributed by atoms with van der Waals surface area (Å²) in [4.78, 5) is 4.14. The second-order valence-electron chi connectivity index (χ2n) is 4.02. The van der Waals surface area contributed by atoms with Gasteiger partial charge in [0.2, 0.25) is 0 Å². The molecule has 1 atom stereocenters. The molecule has 0 amide bonds. The van der Waals surface area contributed by atoms with E-state index in [-0.39, 0.29) is 5.82 Å². The van der Waals surface area contributed by atoms with Crippen molar-refractivity contribution in [3.63, 3.8) is 0 Å². The van der Waals surface area contributed by atoms with E-state index in [1.54, 1.807) is 24.4 Å². The molecule has 3 heteroatoms. The highest BCUT2D eigenvalue weighted by molar-refractivity contribution is 5.24. The zero-order valence-electron chi connectivity index (χ0n) is 9.60. The maximum Gasteiger partial charge on any atom is 0.123 e. The second kappa shape index (κ2) is 5.06. The van der Waals surface area contributed by atoms with Crippen LogP contribution in [0, 0.1) is 12.7 Å². The van der Waals surface area contributed by atoms with Crippen LogP contribution >= 0.6 is 0 Å². The number of aliphatic hydroxyl groups is 1. The number of rotatable bonds is 3. The first-order valence-electron chi connectivity index (χ1n) is 5.51. The van der Waals surface area contributed by atoms with E-state index in [1.165, 1.54) is 12.1 Å². The largest absolute Gasteiger partial charge is 0.388 e. The SMILES string of the molecule is Cc1ncccc1C(O)Cc1ccc(F)cc1. The number of aliphatic hydroxyl groups excluding tert-OH is 1. The fourth-order valence-electron chi connectivity index (χ4n) is 1.80. The van der Waals surface area contributed by atoms with Gasteiger partial charge in [0.05, 0.1) is 6.10 Å². The summed E-state index contributed by atoms with van der Waals surface area (Å²) in [5.74, 6) is -0.263. The Bertz CT molecular complexity index is 496. The highest BCUT2D eigenvalue weighted by atomic mass is 19.1. The van der Waals surface area contributed by atoms with Crippen LogP contribution in [0.2, 0.25) is 0 Å². The lowest BCUT2D eigenvalue weighted by atomic mass is 10.0. The molecule has 0 aliphatic carbocycles. The monoisotopic (exact) mass is 231 g/mol. The maximum absolute atomic E-state index is 12.7. The van der Waals surface area contributed by atoms with Crippen molar-refractivity contribution in [1.82, 2.24) is 4.98 Å². The Kier molecular flexibility index (Phi) is 3.49. The molecule has 88 valence electrons. The molecule has 1 aromatic carbocycles. The van der Waals surface area contributed by atoms with Gasteiger partial charge in [-0.3, -0.25) is 4.98 Å². The van der Waals surface area contributed by atoms with Crippen molar-refractivity contribution in [3.05, 3.63) is 65.2 Å². The minimum atomic E-state index is -0.603. The Balaban J connectivity index is 2.14. The van der Waals surface area contributed by atoms with E-state index in [1.807, 2.05) is 13.0 Å². The van der Waals surface area contributed by atoms with Gasteiger partial charge in [-0.2, -0.15) is 0 Å². The molecule has 1 heterocycles. The molecule has 2 nitrogen and oxygen atoms in total. The third-order valence-electron chi connectivity index (χ3n) is 2.75. The van der Waals surface area contributed by atoms with Gasteiger partial charge in [0, 0.05) is 23.9 Å². The first kappa shape index (κ1) is 11.7. The summed E-state index contributed by atoms with van der Waals surface area (Å²) in [6.45, 7) is 1.86. The molecular formula is C14H14FNO. The van der Waals surface area contributed by atoms with Crippen molar-refractivity contribution >= 4 is 0 Å². The Labute approximate surface area is 99.8 Å². The van der Waals surface area contributed by atoms with Gasteiger partial charge in [-0.05, 0) is 30.7 Å². The third kappa shape index (κ3) is 2.88. The van der Waals surface area contributed by atoms with Gasteiger partial charge >= 0.3 is 0 Å². The number of hydrogen-bond acceptors (Lipinski definition) is 2. The zero-order chi connectivity index (χ0) is 12.3. The molecule has 2 aromatic rings. The van der Waals surface area contributed by atoms with Crippen LogP contribution in [0.1, 0.15) is 22.9 Å². The number of aromatic nitrogens is 1. The highest BCUT2D eigenvalue weighted by Crippen LogP contribution is 2.20. The molecule has 0 fully saturated rings. The molecule has 0 saturated carbocycles. The summed E-state index contributed by atoms with van der Waals surface area (Å²) in [6.07, 6.45) is 1.56. The average Bonchev–Trinajstić information content (AvgIpc) is 2.32. The van der Waals surface area contributed by atoms with E-state index in [9.17, 15) is 9.50 Å². The fraction of sp³-hybridized carbons (Fsp3) is 0.214. The van der Waals surface area contributed by atoms with E-state index >= 15 is 0 Å². The van der Waals surface area contributed by atoms with Gasteiger partial charge < -0.3 is 5.11 Å². The number of hydrogen-bond donors (Lipinski definition) is 1. The minimum absolute atomic E-state index is 0.263. The molecule has 0 bridgehead atoms. The lowest BCUT2D eigenvalue weighted by molar-refractivity contribution is 0.177. The van der Waals surface area contributed by atoms with Crippen molar-refractivity contribution in [1.29, 1.82) is 0 Å². The number of pyridine rings is 1. The van der Waals surface area contributed by atoms with Crippen molar-refractivity contribution < 1.29 is 9.50 Å². The van der Waals surface area contributed by atoms with Gasteiger partial charge in [0.1, 0.15) is 5.82 Å². The maximum atomic E-state index is 12.7. The lowest BCUT2D eigenvalue weighted by Gasteiger charge is -2.12. The predicted molar refractivity (Wildman–Crippen MR) is 64.0 cm³/mol. The van der Waals surface area contributed by atoms with Crippen LogP contribution in [-0.2, 0) is 6.42 Å². The highest BCUT2D eigenvalue weighted by Gasteiger charge is 2.11. The van der Waals surface area contributed by atoms with Crippen LogP contribution < -0.4 is 0 Å². The molecule has 0 saturated heterocycles. The van der Waals surface area contributed by atoms with Gasteiger partial charge in [-0.25, -0.2) is 4.39 Å². The minimum Gasteiger partial charge on any atom is -0.388 e. The quantitative estimate of drug-likeness (QED) is 0.881. The van der Waals surface area contributed by atoms with Crippen molar-refractivity contribution in [2.24, 2.45) is 0 Å². The second-order valence-corrected chi connectivity index (χ2v) is 4.02. The summed E-state index contributed by atoms with van der Waals surface area (Å²) < 4.78 is 12.7. The third-order valence-corrected chi connectivity index (χ3v) is 2.75. The van der Waals surface area contributed by atoms with Crippen LogP contribution in [0.4, 0.5) is 4.39 Å². The zero-order valence-corrected chi connectivity index (χ0v) is 9.60. The molecule has 0 spiro atoms. The molecule has 1 unspecified atom stereocenters. The van der Waals surface area contributed by atoms with Crippen LogP contribution in [-0.4, -0.2) is 10.1 Å². The summed E-state index contributed by atoms with van der Waals surface area (Å²) >= 11 is 0. The number of halogens is 1. The van der Waals surface area contributed by atoms with Crippen LogP contribution in [0.25, 0.3) is 0 Å². The molecule has 0 aliphatic heterocycles. The van der Waals surface area contributed by atoms with Gasteiger partial charge in [0.25, 0.3) is 0 Å². The van der Waals surface area contributed by atoms with Gasteiger partial charge in [-0.15, -0.1) is 0 Å². The number of nitrogens with zero attached hydrogens (tertiary/aromatic N) is 1. The fourth-order valence-corrected chi connectivity index (χ4v) is 1.80. The molecular weight excluding hydrogens is 217 g/mol. The Morgan fingerprint density at radius 2 is 1.94 bits per heavy atom. The Morgan fingerprint density at radius 1 is 1.24 bits per heavy atom. The molecule has 17 heavy (non-hydrogen) atoms. The van der Waals surface area contributed by atoms with Gasteiger partial charge in [0.15, 0.2) is 0 Å². The molecule has 1 N–H and O–H groups in total. The Hall–Kier alpha value is -1.74. The first-order chi connectivity index (χ1) is 8.16. The number of aryl methyl sites for hydroxylation is 1. The Morgan fingerprint density at radius 3 is 2.59 bits per heavy atom. The van der Waals surface area contributed by atoms with E-state index < -0.39 is 6.10 Å². The summed E-state index contributed by atoms with van der Waals surface area (Å²) in [6, 6.07) is 9.83. The smallest absolute Gasteiger partial charge is 0.123 e. The van der Waals surface area contributed by atoms with Crippen molar-refractivity contribution in [2.45, 2.75) is 19.4 Å². The van der Waals surface area contributed by atoms with Crippen LogP contribution in [0.5, 0.6) is 0 Å². The van der Waals surface area contributed by atoms with Crippen molar-refractivity contribution in [3.8, 4) is 0 Å². The summed E-state index contributed by atoms with van der Waals surface area (Å²) in [5.41, 5.74) is 2.54. The summed E-state index contributed by atoms with van der Waals surface area (Å²) in [7, 11) is 0. The van der Waals surface area contributed by atoms with E-state index in [0.29, 0.717) is 6.42 Å². The standard InChI is InChI=1S/C14H14FNO/c1-10-13(3-2-8-16-10)14(17)9-11-4-6-12(15)7-5-11/h2-8,14,17H,9H2,1H3. The number of benzene rings is 1. The molecule has 0 aliphatic rings. The normalized spacial score (nSPS) is 12.4. The van der Waals surface area contributed by atoms with E-state index in [2.05, 4.69) is 4.98 Å².